The molecule has 2 rings (SSSR count). The van der Waals surface area contributed by atoms with Crippen molar-refractivity contribution in [2.75, 3.05) is 13.1 Å². The van der Waals surface area contributed by atoms with Crippen molar-refractivity contribution >= 4 is 17.8 Å². The van der Waals surface area contributed by atoms with Gasteiger partial charge < -0.3 is 9.64 Å². The first kappa shape index (κ1) is 15.0. The van der Waals surface area contributed by atoms with Gasteiger partial charge in [-0.05, 0) is 33.6 Å². The van der Waals surface area contributed by atoms with Gasteiger partial charge >= 0.3 is 11.9 Å². The van der Waals surface area contributed by atoms with Crippen molar-refractivity contribution in [3.8, 4) is 0 Å². The van der Waals surface area contributed by atoms with Crippen LogP contribution in [0.2, 0.25) is 0 Å². The SMILES string of the molecule is CCN(CC)C(=O)C12CCC(C)(C(=O)OC1=O)C2(C)C. The lowest BCUT2D eigenvalue weighted by atomic mass is 9.56. The molecule has 0 aromatic rings. The van der Waals surface area contributed by atoms with Gasteiger partial charge in [0.2, 0.25) is 5.91 Å². The molecule has 20 heavy (non-hydrogen) atoms. The molecular weight excluding hydrogens is 258 g/mol. The molecule has 1 saturated carbocycles. The molecule has 0 aromatic carbocycles. The molecule has 1 heterocycles. The lowest BCUT2D eigenvalue weighted by molar-refractivity contribution is -0.199. The Labute approximate surface area is 119 Å². The van der Waals surface area contributed by atoms with Gasteiger partial charge in [-0.2, -0.15) is 0 Å². The summed E-state index contributed by atoms with van der Waals surface area (Å²) in [5.74, 6) is -1.36. The molecule has 2 bridgehead atoms. The van der Waals surface area contributed by atoms with Crippen molar-refractivity contribution < 1.29 is 19.1 Å². The number of hydrogen-bond donors (Lipinski definition) is 0. The molecule has 5 heteroatoms. The van der Waals surface area contributed by atoms with Gasteiger partial charge in [0.05, 0.1) is 5.41 Å². The van der Waals surface area contributed by atoms with Gasteiger partial charge in [-0.1, -0.05) is 13.8 Å². The number of nitrogens with zero attached hydrogens (tertiary/aromatic N) is 1. The maximum absolute atomic E-state index is 12.9. The number of carbonyl (C=O) groups is 3. The van der Waals surface area contributed by atoms with Crippen LogP contribution in [0.15, 0.2) is 0 Å². The number of rotatable bonds is 3. The molecule has 0 radical (unpaired) electrons. The molecule has 2 atom stereocenters. The van der Waals surface area contributed by atoms with Crippen LogP contribution in [0.1, 0.15) is 47.5 Å². The molecule has 2 fully saturated rings. The Kier molecular flexibility index (Phi) is 3.23. The van der Waals surface area contributed by atoms with Crippen molar-refractivity contribution in [3.63, 3.8) is 0 Å². The summed E-state index contributed by atoms with van der Waals surface area (Å²) in [4.78, 5) is 39.1. The third kappa shape index (κ3) is 1.41. The monoisotopic (exact) mass is 281 g/mol. The average Bonchev–Trinajstić information content (AvgIpc) is 2.53. The van der Waals surface area contributed by atoms with Gasteiger partial charge in [0.1, 0.15) is 0 Å². The van der Waals surface area contributed by atoms with E-state index < -0.39 is 28.2 Å². The first-order valence-electron chi connectivity index (χ1n) is 7.25. The Morgan fingerprint density at radius 1 is 1.10 bits per heavy atom. The third-order valence-corrected chi connectivity index (χ3v) is 5.85. The van der Waals surface area contributed by atoms with Crippen LogP contribution in [0, 0.1) is 16.2 Å². The third-order valence-electron chi connectivity index (χ3n) is 5.85. The quantitative estimate of drug-likeness (QED) is 0.584. The molecule has 0 N–H and O–H groups in total. The topological polar surface area (TPSA) is 63.7 Å². The molecule has 1 aliphatic carbocycles. The molecule has 0 spiro atoms. The summed E-state index contributed by atoms with van der Waals surface area (Å²) in [6, 6.07) is 0. The number of carbonyl (C=O) groups excluding carboxylic acids is 3. The fraction of sp³-hybridized carbons (Fsp3) is 0.800. The van der Waals surface area contributed by atoms with Crippen molar-refractivity contribution in [3.05, 3.63) is 0 Å². The van der Waals surface area contributed by atoms with E-state index in [2.05, 4.69) is 0 Å². The number of amides is 1. The number of cyclic esters (lactones) is 2. The van der Waals surface area contributed by atoms with E-state index >= 15 is 0 Å². The number of esters is 2. The number of fused-ring (bicyclic) bond motifs is 2. The van der Waals surface area contributed by atoms with Crippen LogP contribution in [-0.2, 0) is 19.1 Å². The molecule has 112 valence electrons. The summed E-state index contributed by atoms with van der Waals surface area (Å²) < 4.78 is 4.95. The van der Waals surface area contributed by atoms with Crippen LogP contribution in [0.4, 0.5) is 0 Å². The van der Waals surface area contributed by atoms with Crippen molar-refractivity contribution in [2.45, 2.75) is 47.5 Å². The zero-order chi connectivity index (χ0) is 15.3. The molecule has 2 aliphatic rings. The van der Waals surface area contributed by atoms with E-state index in [1.54, 1.807) is 11.8 Å². The Morgan fingerprint density at radius 3 is 2.15 bits per heavy atom. The van der Waals surface area contributed by atoms with Gasteiger partial charge in [0, 0.05) is 18.5 Å². The van der Waals surface area contributed by atoms with Crippen molar-refractivity contribution in [1.82, 2.24) is 4.90 Å². The van der Waals surface area contributed by atoms with Gasteiger partial charge in [-0.15, -0.1) is 0 Å². The minimum absolute atomic E-state index is 0.200. The number of hydrogen-bond acceptors (Lipinski definition) is 4. The second-order valence-corrected chi connectivity index (χ2v) is 6.52. The van der Waals surface area contributed by atoms with E-state index in [0.29, 0.717) is 25.9 Å². The van der Waals surface area contributed by atoms with Gasteiger partial charge in [-0.25, -0.2) is 0 Å². The second kappa shape index (κ2) is 4.30. The predicted octanol–water partition coefficient (Wildman–Crippen LogP) is 1.75. The summed E-state index contributed by atoms with van der Waals surface area (Å²) in [5, 5.41) is 0. The molecule has 5 nitrogen and oxygen atoms in total. The van der Waals surface area contributed by atoms with Crippen molar-refractivity contribution in [1.29, 1.82) is 0 Å². The molecule has 1 amide bonds. The molecular formula is C15H23NO4. The maximum Gasteiger partial charge on any atom is 0.329 e. The fourth-order valence-electron chi connectivity index (χ4n) is 3.77. The zero-order valence-electron chi connectivity index (χ0n) is 12.9. The van der Waals surface area contributed by atoms with Crippen LogP contribution in [0.25, 0.3) is 0 Å². The Hall–Kier alpha value is -1.39. The van der Waals surface area contributed by atoms with E-state index in [4.69, 9.17) is 4.74 Å². The highest BCUT2D eigenvalue weighted by atomic mass is 16.6. The lowest BCUT2D eigenvalue weighted by Gasteiger charge is -2.49. The molecule has 1 saturated heterocycles. The van der Waals surface area contributed by atoms with Crippen LogP contribution in [-0.4, -0.2) is 35.8 Å². The van der Waals surface area contributed by atoms with E-state index in [1.165, 1.54) is 0 Å². The largest absolute Gasteiger partial charge is 0.392 e. The van der Waals surface area contributed by atoms with E-state index in [1.807, 2.05) is 27.7 Å². The van der Waals surface area contributed by atoms with E-state index in [0.717, 1.165) is 0 Å². The molecule has 2 unspecified atom stereocenters. The summed E-state index contributed by atoms with van der Waals surface area (Å²) in [6.07, 6.45) is 0.897. The minimum atomic E-state index is -1.22. The Bertz CT molecular complexity index is 480. The highest BCUT2D eigenvalue weighted by Gasteiger charge is 2.75. The Balaban J connectivity index is 2.57. The zero-order valence-corrected chi connectivity index (χ0v) is 12.9. The molecule has 0 aromatic heterocycles. The van der Waals surface area contributed by atoms with E-state index in [-0.39, 0.29) is 5.91 Å². The average molecular weight is 281 g/mol. The van der Waals surface area contributed by atoms with Crippen LogP contribution < -0.4 is 0 Å². The first-order chi connectivity index (χ1) is 9.19. The van der Waals surface area contributed by atoms with Gasteiger partial charge in [-0.3, -0.25) is 14.4 Å². The fourth-order valence-corrected chi connectivity index (χ4v) is 3.77. The van der Waals surface area contributed by atoms with Gasteiger partial charge in [0.15, 0.2) is 5.41 Å². The number of ether oxygens (including phenoxy) is 1. The summed E-state index contributed by atoms with van der Waals surface area (Å²) in [5.41, 5.74) is -2.72. The smallest absolute Gasteiger partial charge is 0.329 e. The van der Waals surface area contributed by atoms with Crippen molar-refractivity contribution in [2.24, 2.45) is 16.2 Å². The van der Waals surface area contributed by atoms with Crippen LogP contribution in [0.5, 0.6) is 0 Å². The van der Waals surface area contributed by atoms with Gasteiger partial charge in [0.25, 0.3) is 0 Å². The highest BCUT2D eigenvalue weighted by Crippen LogP contribution is 2.66. The summed E-state index contributed by atoms with van der Waals surface area (Å²) >= 11 is 0. The standard InChI is InChI=1S/C15H23NO4/c1-6-16(7-2)10(17)15-9-8-14(5,13(15,3)4)11(18)20-12(15)19/h6-9H2,1-5H3. The summed E-state index contributed by atoms with van der Waals surface area (Å²) in [7, 11) is 0. The maximum atomic E-state index is 12.9. The minimum Gasteiger partial charge on any atom is -0.392 e. The second-order valence-electron chi connectivity index (χ2n) is 6.52. The van der Waals surface area contributed by atoms with E-state index in [9.17, 15) is 14.4 Å². The van der Waals surface area contributed by atoms with Crippen LogP contribution in [0.3, 0.4) is 0 Å². The normalized spacial score (nSPS) is 34.9. The highest BCUT2D eigenvalue weighted by molar-refractivity contribution is 6.11. The van der Waals surface area contributed by atoms with Crippen LogP contribution >= 0.6 is 0 Å². The Morgan fingerprint density at radius 2 is 1.65 bits per heavy atom. The predicted molar refractivity (Wildman–Crippen MR) is 72.6 cm³/mol. The first-order valence-corrected chi connectivity index (χ1v) is 7.25. The summed E-state index contributed by atoms with van der Waals surface area (Å²) in [6.45, 7) is 10.4. The molecule has 1 aliphatic heterocycles. The lowest BCUT2D eigenvalue weighted by Crippen LogP contribution is -2.62.